The normalized spacial score (nSPS) is 17.2. The molecule has 3 unspecified atom stereocenters. The van der Waals surface area contributed by atoms with Crippen LogP contribution in [0.1, 0.15) is 65.3 Å². The predicted molar refractivity (Wildman–Crippen MR) is 75.1 cm³/mol. The van der Waals surface area contributed by atoms with E-state index in [9.17, 15) is 0 Å². The molecule has 1 N–H and O–H groups in total. The molecular weight excluding hydrogens is 242 g/mol. The number of nitrogens with zero attached hydrogens (tertiary/aromatic N) is 2. The molecule has 5 nitrogen and oxygen atoms in total. The Kier molecular flexibility index (Phi) is 5.50. The van der Waals surface area contributed by atoms with Crippen LogP contribution in [0.2, 0.25) is 0 Å². The van der Waals surface area contributed by atoms with Crippen LogP contribution in [0.4, 0.5) is 0 Å². The van der Waals surface area contributed by atoms with Gasteiger partial charge in [-0.1, -0.05) is 39.8 Å². The molecule has 19 heavy (non-hydrogen) atoms. The lowest BCUT2D eigenvalue weighted by Crippen LogP contribution is -2.30. The van der Waals surface area contributed by atoms with Gasteiger partial charge in [-0.3, -0.25) is 0 Å². The fraction of sp³-hybridized carbons (Fsp3) is 0.857. The summed E-state index contributed by atoms with van der Waals surface area (Å²) in [7, 11) is 1.68. The summed E-state index contributed by atoms with van der Waals surface area (Å²) in [5.74, 6) is 1.47. The van der Waals surface area contributed by atoms with Gasteiger partial charge in [0.25, 0.3) is 0 Å². The van der Waals surface area contributed by atoms with Gasteiger partial charge < -0.3 is 14.6 Å². The van der Waals surface area contributed by atoms with Crippen LogP contribution in [0.3, 0.4) is 0 Å². The highest BCUT2D eigenvalue weighted by atomic mass is 16.5. The van der Waals surface area contributed by atoms with Crippen LogP contribution >= 0.6 is 0 Å². The van der Waals surface area contributed by atoms with Crippen LogP contribution in [0.5, 0.6) is 0 Å². The highest BCUT2D eigenvalue weighted by molar-refractivity contribution is 5.01. The molecule has 0 fully saturated rings. The van der Waals surface area contributed by atoms with Crippen LogP contribution in [-0.2, 0) is 4.74 Å². The minimum atomic E-state index is -0.161. The Balaban J connectivity index is 2.87. The first kappa shape index (κ1) is 16.1. The fourth-order valence-corrected chi connectivity index (χ4v) is 2.10. The Hall–Kier alpha value is -0.940. The highest BCUT2D eigenvalue weighted by Crippen LogP contribution is 2.34. The zero-order chi connectivity index (χ0) is 14.6. The number of nitrogens with one attached hydrogen (secondary N) is 1. The third kappa shape index (κ3) is 4.01. The first-order chi connectivity index (χ1) is 8.81. The predicted octanol–water partition coefficient (Wildman–Crippen LogP) is 2.90. The summed E-state index contributed by atoms with van der Waals surface area (Å²) in [4.78, 5) is 4.51. The summed E-state index contributed by atoms with van der Waals surface area (Å²) in [6.45, 7) is 13.5. The van der Waals surface area contributed by atoms with Gasteiger partial charge in [-0.15, -0.1) is 0 Å². The van der Waals surface area contributed by atoms with Gasteiger partial charge >= 0.3 is 0 Å². The summed E-state index contributed by atoms with van der Waals surface area (Å²) < 4.78 is 10.9. The molecule has 0 amide bonds. The van der Waals surface area contributed by atoms with E-state index < -0.39 is 0 Å². The van der Waals surface area contributed by atoms with Crippen molar-refractivity contribution < 1.29 is 9.26 Å². The Morgan fingerprint density at radius 3 is 2.42 bits per heavy atom. The zero-order valence-electron chi connectivity index (χ0n) is 13.2. The number of methoxy groups -OCH3 is 1. The molecule has 0 saturated carbocycles. The van der Waals surface area contributed by atoms with Gasteiger partial charge in [-0.2, -0.15) is 4.98 Å². The van der Waals surface area contributed by atoms with Crippen molar-refractivity contribution in [3.8, 4) is 0 Å². The summed E-state index contributed by atoms with van der Waals surface area (Å²) >= 11 is 0. The van der Waals surface area contributed by atoms with Gasteiger partial charge in [0, 0.05) is 13.2 Å². The first-order valence-corrected chi connectivity index (χ1v) is 6.90. The maximum absolute atomic E-state index is 5.50. The standard InChI is InChI=1S/C14H27N3O2/c1-8-15-10(3)9(2)13-16-12(17-19-13)11(18-7)14(4,5)6/h9-11,15H,8H2,1-7H3. The molecule has 0 radical (unpaired) electrons. The molecular formula is C14H27N3O2. The van der Waals surface area contributed by atoms with Crippen LogP contribution in [-0.4, -0.2) is 29.8 Å². The second-order valence-electron chi connectivity index (χ2n) is 6.11. The molecule has 3 atom stereocenters. The Morgan fingerprint density at radius 2 is 1.95 bits per heavy atom. The van der Waals surface area contributed by atoms with Crippen molar-refractivity contribution in [1.82, 2.24) is 15.5 Å². The Morgan fingerprint density at radius 1 is 1.32 bits per heavy atom. The molecule has 110 valence electrons. The maximum Gasteiger partial charge on any atom is 0.231 e. The van der Waals surface area contributed by atoms with Crippen molar-refractivity contribution in [2.75, 3.05) is 13.7 Å². The van der Waals surface area contributed by atoms with E-state index in [2.05, 4.69) is 57.0 Å². The van der Waals surface area contributed by atoms with Crippen molar-refractivity contribution in [3.63, 3.8) is 0 Å². The van der Waals surface area contributed by atoms with Crippen molar-refractivity contribution in [2.45, 2.75) is 59.6 Å². The number of likely N-dealkylation sites (N-methyl/N-ethyl adjacent to an activating group) is 1. The van der Waals surface area contributed by atoms with Crippen LogP contribution in [0.15, 0.2) is 4.52 Å². The Bertz CT molecular complexity index is 384. The SMILES string of the molecule is CCNC(C)C(C)c1nc(C(OC)C(C)(C)C)no1. The van der Waals surface area contributed by atoms with Gasteiger partial charge in [0.1, 0.15) is 6.10 Å². The molecule has 5 heteroatoms. The quantitative estimate of drug-likeness (QED) is 0.860. The number of hydrogen-bond acceptors (Lipinski definition) is 5. The van der Waals surface area contributed by atoms with Gasteiger partial charge in [0.2, 0.25) is 11.7 Å². The number of ether oxygens (including phenoxy) is 1. The molecule has 0 spiro atoms. The lowest BCUT2D eigenvalue weighted by Gasteiger charge is -2.26. The van der Waals surface area contributed by atoms with E-state index in [0.29, 0.717) is 17.8 Å². The zero-order valence-corrected chi connectivity index (χ0v) is 13.2. The molecule has 0 aliphatic heterocycles. The summed E-state index contributed by atoms with van der Waals surface area (Å²) in [5.41, 5.74) is -0.0631. The second-order valence-corrected chi connectivity index (χ2v) is 6.11. The molecule has 1 aromatic rings. The number of hydrogen-bond donors (Lipinski definition) is 1. The van der Waals surface area contributed by atoms with Crippen LogP contribution in [0, 0.1) is 5.41 Å². The van der Waals surface area contributed by atoms with Crippen LogP contribution in [0.25, 0.3) is 0 Å². The van der Waals surface area contributed by atoms with E-state index in [1.807, 2.05) is 0 Å². The van der Waals surface area contributed by atoms with Crippen molar-refractivity contribution in [2.24, 2.45) is 5.41 Å². The molecule has 0 bridgehead atoms. The molecule has 0 saturated heterocycles. The fourth-order valence-electron chi connectivity index (χ4n) is 2.10. The molecule has 1 rings (SSSR count). The van der Waals surface area contributed by atoms with Gasteiger partial charge in [-0.05, 0) is 18.9 Å². The average Bonchev–Trinajstić information content (AvgIpc) is 2.76. The summed E-state index contributed by atoms with van der Waals surface area (Å²) in [5, 5.41) is 7.45. The minimum Gasteiger partial charge on any atom is -0.373 e. The molecule has 1 aromatic heterocycles. The van der Waals surface area contributed by atoms with E-state index >= 15 is 0 Å². The first-order valence-electron chi connectivity index (χ1n) is 6.90. The number of aromatic nitrogens is 2. The van der Waals surface area contributed by atoms with E-state index in [-0.39, 0.29) is 17.4 Å². The topological polar surface area (TPSA) is 60.2 Å². The minimum absolute atomic E-state index is 0.0631. The van der Waals surface area contributed by atoms with Crippen LogP contribution < -0.4 is 5.32 Å². The summed E-state index contributed by atoms with van der Waals surface area (Å²) in [6.07, 6.45) is -0.161. The molecule has 0 aromatic carbocycles. The van der Waals surface area contributed by atoms with Gasteiger partial charge in [0.15, 0.2) is 0 Å². The third-order valence-electron chi connectivity index (χ3n) is 3.38. The molecule has 0 aliphatic carbocycles. The van der Waals surface area contributed by atoms with E-state index in [0.717, 1.165) is 6.54 Å². The third-order valence-corrected chi connectivity index (χ3v) is 3.38. The second kappa shape index (κ2) is 6.48. The van der Waals surface area contributed by atoms with Crippen molar-refractivity contribution in [1.29, 1.82) is 0 Å². The maximum atomic E-state index is 5.50. The van der Waals surface area contributed by atoms with E-state index in [1.54, 1.807) is 7.11 Å². The lowest BCUT2D eigenvalue weighted by molar-refractivity contribution is 0.00718. The van der Waals surface area contributed by atoms with Gasteiger partial charge in [-0.25, -0.2) is 0 Å². The number of rotatable bonds is 6. The smallest absolute Gasteiger partial charge is 0.231 e. The monoisotopic (exact) mass is 269 g/mol. The molecule has 1 heterocycles. The highest BCUT2D eigenvalue weighted by Gasteiger charge is 2.31. The van der Waals surface area contributed by atoms with E-state index in [4.69, 9.17) is 9.26 Å². The van der Waals surface area contributed by atoms with Gasteiger partial charge in [0.05, 0.1) is 5.92 Å². The largest absolute Gasteiger partial charge is 0.373 e. The average molecular weight is 269 g/mol. The van der Waals surface area contributed by atoms with Crippen molar-refractivity contribution >= 4 is 0 Å². The summed E-state index contributed by atoms with van der Waals surface area (Å²) in [6, 6.07) is 0.300. The molecule has 0 aliphatic rings. The Labute approximate surface area is 116 Å². The van der Waals surface area contributed by atoms with Crippen molar-refractivity contribution in [3.05, 3.63) is 11.7 Å². The van der Waals surface area contributed by atoms with E-state index in [1.165, 1.54) is 0 Å². The lowest BCUT2D eigenvalue weighted by atomic mass is 9.88.